The minimum atomic E-state index is -0.510. The first kappa shape index (κ1) is 21.4. The van der Waals surface area contributed by atoms with Gasteiger partial charge in [0.2, 0.25) is 0 Å². The van der Waals surface area contributed by atoms with Crippen molar-refractivity contribution in [3.63, 3.8) is 0 Å². The molecule has 0 atom stereocenters. The van der Waals surface area contributed by atoms with Gasteiger partial charge in [-0.15, -0.1) is 0 Å². The van der Waals surface area contributed by atoms with Crippen LogP contribution in [0.3, 0.4) is 0 Å². The fourth-order valence-corrected chi connectivity index (χ4v) is 3.25. The number of nitro groups is 1. The van der Waals surface area contributed by atoms with Gasteiger partial charge in [0.25, 0.3) is 17.2 Å². The van der Waals surface area contributed by atoms with E-state index in [1.165, 1.54) is 41.3 Å². The Kier molecular flexibility index (Phi) is 5.90. The summed E-state index contributed by atoms with van der Waals surface area (Å²) < 4.78 is 1.28. The minimum absolute atomic E-state index is 0.0848. The SMILES string of the molecule is C/C(=N\NC(=O)c1ccncc1)c1c(-c2ccccc2)[nH]n(-c2ccc([N+](=O)[O-])cc2)c1=O. The zero-order valence-corrected chi connectivity index (χ0v) is 17.4. The summed E-state index contributed by atoms with van der Waals surface area (Å²) in [4.78, 5) is 40.0. The number of nitrogens with one attached hydrogen (secondary N) is 2. The van der Waals surface area contributed by atoms with Gasteiger partial charge in [0.05, 0.1) is 27.6 Å². The van der Waals surface area contributed by atoms with Crippen molar-refractivity contribution < 1.29 is 9.72 Å². The molecule has 0 radical (unpaired) electrons. The molecule has 10 heteroatoms. The van der Waals surface area contributed by atoms with Crippen LogP contribution in [0.1, 0.15) is 22.8 Å². The number of hydrazone groups is 1. The Bertz CT molecular complexity index is 1390. The van der Waals surface area contributed by atoms with Crippen LogP contribution in [0.15, 0.2) is 89.0 Å². The molecule has 0 aliphatic rings. The lowest BCUT2D eigenvalue weighted by Gasteiger charge is -2.04. The number of aromatic amines is 1. The van der Waals surface area contributed by atoms with Gasteiger partial charge in [0, 0.05) is 35.7 Å². The van der Waals surface area contributed by atoms with Crippen molar-refractivity contribution in [1.29, 1.82) is 0 Å². The van der Waals surface area contributed by atoms with E-state index in [4.69, 9.17) is 0 Å². The first-order valence-electron chi connectivity index (χ1n) is 9.86. The molecule has 0 unspecified atom stereocenters. The molecule has 2 aromatic carbocycles. The molecule has 10 nitrogen and oxygen atoms in total. The van der Waals surface area contributed by atoms with E-state index in [0.29, 0.717) is 16.9 Å². The second-order valence-electron chi connectivity index (χ2n) is 7.02. The number of carbonyl (C=O) groups is 1. The molecule has 2 N–H and O–H groups in total. The van der Waals surface area contributed by atoms with Gasteiger partial charge in [-0.1, -0.05) is 30.3 Å². The number of hydrogen-bond donors (Lipinski definition) is 2. The van der Waals surface area contributed by atoms with E-state index in [2.05, 4.69) is 20.6 Å². The third-order valence-corrected chi connectivity index (χ3v) is 4.90. The largest absolute Gasteiger partial charge is 0.290 e. The highest BCUT2D eigenvalue weighted by Crippen LogP contribution is 2.22. The highest BCUT2D eigenvalue weighted by molar-refractivity contribution is 6.04. The van der Waals surface area contributed by atoms with Crippen LogP contribution in [-0.4, -0.2) is 31.3 Å². The van der Waals surface area contributed by atoms with Crippen LogP contribution in [0.2, 0.25) is 0 Å². The molecule has 1 amide bonds. The second kappa shape index (κ2) is 9.10. The van der Waals surface area contributed by atoms with Gasteiger partial charge >= 0.3 is 0 Å². The summed E-state index contributed by atoms with van der Waals surface area (Å²) in [5.41, 5.74) is 4.54. The maximum absolute atomic E-state index is 13.3. The van der Waals surface area contributed by atoms with Crippen LogP contribution < -0.4 is 11.0 Å². The summed E-state index contributed by atoms with van der Waals surface area (Å²) in [5, 5.41) is 18.2. The number of nitrogens with zero attached hydrogens (tertiary/aromatic N) is 4. The maximum atomic E-state index is 13.3. The average molecular weight is 442 g/mol. The molecule has 0 spiro atoms. The Balaban J connectivity index is 1.76. The van der Waals surface area contributed by atoms with Crippen LogP contribution in [0.4, 0.5) is 5.69 Å². The molecule has 0 fully saturated rings. The molecule has 0 aliphatic carbocycles. The number of hydrogen-bond acceptors (Lipinski definition) is 6. The molecule has 0 bridgehead atoms. The normalized spacial score (nSPS) is 11.2. The van der Waals surface area contributed by atoms with E-state index in [0.717, 1.165) is 5.56 Å². The number of nitro benzene ring substituents is 1. The fraction of sp³-hybridized carbons (Fsp3) is 0.0435. The van der Waals surface area contributed by atoms with Crippen molar-refractivity contribution in [2.45, 2.75) is 6.92 Å². The molecule has 4 rings (SSSR count). The summed E-state index contributed by atoms with van der Waals surface area (Å²) in [6.45, 7) is 1.62. The van der Waals surface area contributed by atoms with Gasteiger partial charge in [-0.05, 0) is 31.2 Å². The first-order chi connectivity index (χ1) is 16.0. The predicted octanol–water partition coefficient (Wildman–Crippen LogP) is 3.29. The van der Waals surface area contributed by atoms with Crippen LogP contribution in [0, 0.1) is 10.1 Å². The molecular weight excluding hydrogens is 424 g/mol. The highest BCUT2D eigenvalue weighted by Gasteiger charge is 2.20. The van der Waals surface area contributed by atoms with Crippen LogP contribution in [0.5, 0.6) is 0 Å². The van der Waals surface area contributed by atoms with E-state index >= 15 is 0 Å². The monoisotopic (exact) mass is 442 g/mol. The van der Waals surface area contributed by atoms with E-state index in [-0.39, 0.29) is 17.0 Å². The van der Waals surface area contributed by atoms with Gasteiger partial charge in [-0.3, -0.25) is 29.8 Å². The smallest absolute Gasteiger partial charge is 0.281 e. The van der Waals surface area contributed by atoms with Crippen molar-refractivity contribution in [2.75, 3.05) is 0 Å². The second-order valence-corrected chi connectivity index (χ2v) is 7.02. The van der Waals surface area contributed by atoms with Crippen LogP contribution >= 0.6 is 0 Å². The first-order valence-corrected chi connectivity index (χ1v) is 9.86. The van der Waals surface area contributed by atoms with Crippen LogP contribution in [0.25, 0.3) is 16.9 Å². The average Bonchev–Trinajstić information content (AvgIpc) is 3.20. The lowest BCUT2D eigenvalue weighted by molar-refractivity contribution is -0.384. The Hall–Kier alpha value is -4.86. The number of benzene rings is 2. The molecule has 33 heavy (non-hydrogen) atoms. The minimum Gasteiger partial charge on any atom is -0.290 e. The van der Waals surface area contributed by atoms with E-state index in [1.54, 1.807) is 19.1 Å². The van der Waals surface area contributed by atoms with Gasteiger partial charge in [0.15, 0.2) is 0 Å². The molecule has 164 valence electrons. The molecule has 2 heterocycles. The highest BCUT2D eigenvalue weighted by atomic mass is 16.6. The van der Waals surface area contributed by atoms with Crippen molar-refractivity contribution in [3.8, 4) is 16.9 Å². The van der Waals surface area contributed by atoms with Gasteiger partial charge in [0.1, 0.15) is 0 Å². The quantitative estimate of drug-likeness (QED) is 0.268. The number of pyridine rings is 1. The third kappa shape index (κ3) is 4.44. The van der Waals surface area contributed by atoms with Gasteiger partial charge in [-0.2, -0.15) is 5.10 Å². The number of non-ortho nitro benzene ring substituents is 1. The fourth-order valence-electron chi connectivity index (χ4n) is 3.25. The lowest BCUT2D eigenvalue weighted by atomic mass is 10.1. The molecule has 4 aromatic rings. The van der Waals surface area contributed by atoms with E-state index in [1.807, 2.05) is 30.3 Å². The van der Waals surface area contributed by atoms with E-state index in [9.17, 15) is 19.7 Å². The molecule has 0 saturated carbocycles. The zero-order valence-electron chi connectivity index (χ0n) is 17.4. The van der Waals surface area contributed by atoms with E-state index < -0.39 is 16.4 Å². The summed E-state index contributed by atoms with van der Waals surface area (Å²) in [7, 11) is 0. The van der Waals surface area contributed by atoms with Gasteiger partial charge in [-0.25, -0.2) is 10.1 Å². The van der Waals surface area contributed by atoms with Gasteiger partial charge < -0.3 is 0 Å². The zero-order chi connectivity index (χ0) is 23.4. The van der Waals surface area contributed by atoms with Crippen molar-refractivity contribution in [2.24, 2.45) is 5.10 Å². The summed E-state index contributed by atoms with van der Waals surface area (Å²) in [6.07, 6.45) is 2.99. The van der Waals surface area contributed by atoms with Crippen molar-refractivity contribution in [3.05, 3.63) is 111 Å². The number of carbonyl (C=O) groups excluding carboxylic acids is 1. The topological polar surface area (TPSA) is 135 Å². The Morgan fingerprint density at radius 3 is 2.36 bits per heavy atom. The van der Waals surface area contributed by atoms with Crippen LogP contribution in [-0.2, 0) is 0 Å². The predicted molar refractivity (Wildman–Crippen MR) is 122 cm³/mol. The van der Waals surface area contributed by atoms with Crippen molar-refractivity contribution >= 4 is 17.3 Å². The molecule has 0 saturated heterocycles. The Morgan fingerprint density at radius 2 is 1.73 bits per heavy atom. The summed E-state index contributed by atoms with van der Waals surface area (Å²) >= 11 is 0. The van der Waals surface area contributed by atoms with Crippen molar-refractivity contribution in [1.82, 2.24) is 20.2 Å². The third-order valence-electron chi connectivity index (χ3n) is 4.90. The standard InChI is InChI=1S/C23H18N6O4/c1-15(25-26-22(30)17-11-13-24-14-12-17)20-21(16-5-3-2-4-6-16)27-28(23(20)31)18-7-9-19(10-8-18)29(32)33/h2-14,27H,1H3,(H,26,30)/b25-15+. The number of H-pyrrole nitrogens is 1. The maximum Gasteiger partial charge on any atom is 0.281 e. The Morgan fingerprint density at radius 1 is 1.06 bits per heavy atom. The molecule has 2 aromatic heterocycles. The summed E-state index contributed by atoms with van der Waals surface area (Å²) in [5.74, 6) is -0.441. The number of aromatic nitrogens is 3. The molecule has 0 aliphatic heterocycles. The number of amides is 1. The Labute approximate surface area is 187 Å². The molecular formula is C23H18N6O4. The lowest BCUT2D eigenvalue weighted by Crippen LogP contribution is -2.23. The number of rotatable bonds is 6. The summed E-state index contributed by atoms with van der Waals surface area (Å²) in [6, 6.07) is 17.9.